The molecule has 0 fully saturated rings. The molecule has 0 saturated carbocycles. The minimum Gasteiger partial charge on any atom is -0.488 e. The van der Waals surface area contributed by atoms with Gasteiger partial charge in [-0.2, -0.15) is 10.2 Å². The van der Waals surface area contributed by atoms with Crippen LogP contribution in [0.25, 0.3) is 0 Å². The van der Waals surface area contributed by atoms with Crippen molar-refractivity contribution in [1.29, 1.82) is 0 Å². The van der Waals surface area contributed by atoms with E-state index in [4.69, 9.17) is 9.47 Å². The highest BCUT2D eigenvalue weighted by atomic mass is 16.6. The van der Waals surface area contributed by atoms with E-state index in [0.29, 0.717) is 11.3 Å². The summed E-state index contributed by atoms with van der Waals surface area (Å²) < 4.78 is 10.1. The van der Waals surface area contributed by atoms with Gasteiger partial charge in [-0.25, -0.2) is 4.79 Å². The van der Waals surface area contributed by atoms with Crippen LogP contribution in [0.4, 0.5) is 0 Å². The van der Waals surface area contributed by atoms with Crippen LogP contribution in [0.15, 0.2) is 30.6 Å². The lowest BCUT2D eigenvalue weighted by Crippen LogP contribution is -2.12. The van der Waals surface area contributed by atoms with E-state index in [1.54, 1.807) is 13.0 Å². The normalized spacial score (nSPS) is 9.40. The lowest BCUT2D eigenvalue weighted by atomic mass is 10.4. The first-order valence-corrected chi connectivity index (χ1v) is 4.42. The molecule has 1 aromatic rings. The SMILES string of the molecule is C=C(C)C(=O)OCCOc1ccnnc1. The quantitative estimate of drug-likeness (QED) is 0.410. The summed E-state index contributed by atoms with van der Waals surface area (Å²) in [4.78, 5) is 11.0. The Hall–Kier alpha value is -1.91. The summed E-state index contributed by atoms with van der Waals surface area (Å²) in [7, 11) is 0. The zero-order valence-corrected chi connectivity index (χ0v) is 8.47. The van der Waals surface area contributed by atoms with Crippen LogP contribution in [0.5, 0.6) is 5.75 Å². The second kappa shape index (κ2) is 5.74. The van der Waals surface area contributed by atoms with Crippen LogP contribution in [0.2, 0.25) is 0 Å². The van der Waals surface area contributed by atoms with Gasteiger partial charge in [-0.15, -0.1) is 0 Å². The van der Waals surface area contributed by atoms with Crippen molar-refractivity contribution in [2.24, 2.45) is 0 Å². The number of aromatic nitrogens is 2. The van der Waals surface area contributed by atoms with Crippen molar-refractivity contribution in [1.82, 2.24) is 10.2 Å². The molecule has 0 unspecified atom stereocenters. The minimum atomic E-state index is -0.411. The van der Waals surface area contributed by atoms with Crippen LogP contribution in [-0.4, -0.2) is 29.4 Å². The van der Waals surface area contributed by atoms with E-state index in [1.165, 1.54) is 12.4 Å². The van der Waals surface area contributed by atoms with Crippen LogP contribution >= 0.6 is 0 Å². The van der Waals surface area contributed by atoms with E-state index >= 15 is 0 Å². The Morgan fingerprint density at radius 3 is 2.87 bits per heavy atom. The van der Waals surface area contributed by atoms with Crippen LogP contribution in [0.1, 0.15) is 6.92 Å². The monoisotopic (exact) mass is 208 g/mol. The highest BCUT2D eigenvalue weighted by molar-refractivity contribution is 5.86. The van der Waals surface area contributed by atoms with Gasteiger partial charge in [-0.1, -0.05) is 6.58 Å². The van der Waals surface area contributed by atoms with Crippen molar-refractivity contribution in [3.8, 4) is 5.75 Å². The number of rotatable bonds is 5. The van der Waals surface area contributed by atoms with Gasteiger partial charge < -0.3 is 9.47 Å². The molecule has 0 aliphatic rings. The Bertz CT molecular complexity index is 338. The van der Waals surface area contributed by atoms with Gasteiger partial charge in [0, 0.05) is 11.6 Å². The van der Waals surface area contributed by atoms with Gasteiger partial charge in [0.05, 0.1) is 12.4 Å². The Labute approximate surface area is 87.7 Å². The van der Waals surface area contributed by atoms with E-state index in [1.807, 2.05) is 0 Å². The molecule has 0 saturated heterocycles. The number of carbonyl (C=O) groups is 1. The second-order valence-electron chi connectivity index (χ2n) is 2.84. The van der Waals surface area contributed by atoms with Gasteiger partial charge in [0.1, 0.15) is 19.0 Å². The lowest BCUT2D eigenvalue weighted by Gasteiger charge is -2.06. The molecule has 0 N–H and O–H groups in total. The molecule has 0 atom stereocenters. The molecule has 5 heteroatoms. The lowest BCUT2D eigenvalue weighted by molar-refractivity contribution is -0.139. The average molecular weight is 208 g/mol. The standard InChI is InChI=1S/C10H12N2O3/c1-8(2)10(13)15-6-5-14-9-3-4-11-12-7-9/h3-4,7H,1,5-6H2,2H3. The Morgan fingerprint density at radius 2 is 2.27 bits per heavy atom. The van der Waals surface area contributed by atoms with E-state index < -0.39 is 5.97 Å². The van der Waals surface area contributed by atoms with Crippen molar-refractivity contribution in [3.63, 3.8) is 0 Å². The first kappa shape index (κ1) is 11.2. The van der Waals surface area contributed by atoms with Crippen LogP contribution in [0, 0.1) is 0 Å². The molecule has 15 heavy (non-hydrogen) atoms. The summed E-state index contributed by atoms with van der Waals surface area (Å²) >= 11 is 0. The van der Waals surface area contributed by atoms with Crippen LogP contribution in [0.3, 0.4) is 0 Å². The van der Waals surface area contributed by atoms with Crippen molar-refractivity contribution >= 4 is 5.97 Å². The summed E-state index contributed by atoms with van der Waals surface area (Å²) in [6.45, 7) is 5.52. The fourth-order valence-corrected chi connectivity index (χ4v) is 0.781. The molecule has 0 aromatic carbocycles. The van der Waals surface area contributed by atoms with Crippen molar-refractivity contribution in [3.05, 3.63) is 30.6 Å². The third-order valence-corrected chi connectivity index (χ3v) is 1.49. The number of hydrogen-bond acceptors (Lipinski definition) is 5. The van der Waals surface area contributed by atoms with Gasteiger partial charge in [-0.3, -0.25) is 0 Å². The number of esters is 1. The van der Waals surface area contributed by atoms with E-state index in [9.17, 15) is 4.79 Å². The molecular weight excluding hydrogens is 196 g/mol. The fourth-order valence-electron chi connectivity index (χ4n) is 0.781. The zero-order chi connectivity index (χ0) is 11.1. The third kappa shape index (κ3) is 4.21. The number of carbonyl (C=O) groups excluding carboxylic acids is 1. The molecule has 0 aliphatic heterocycles. The molecular formula is C10H12N2O3. The summed E-state index contributed by atoms with van der Waals surface area (Å²) in [5.74, 6) is 0.183. The molecule has 1 rings (SSSR count). The van der Waals surface area contributed by atoms with Crippen LogP contribution in [-0.2, 0) is 9.53 Å². The molecule has 0 aliphatic carbocycles. The Morgan fingerprint density at radius 1 is 1.47 bits per heavy atom. The van der Waals surface area contributed by atoms with Crippen molar-refractivity contribution in [2.45, 2.75) is 6.92 Å². The predicted molar refractivity (Wildman–Crippen MR) is 53.3 cm³/mol. The second-order valence-corrected chi connectivity index (χ2v) is 2.84. The molecule has 0 bridgehead atoms. The van der Waals surface area contributed by atoms with Gasteiger partial charge in [0.15, 0.2) is 0 Å². The highest BCUT2D eigenvalue weighted by Crippen LogP contribution is 2.04. The molecule has 0 radical (unpaired) electrons. The van der Waals surface area contributed by atoms with Gasteiger partial charge in [-0.05, 0) is 6.92 Å². The summed E-state index contributed by atoms with van der Waals surface area (Å²) in [5.41, 5.74) is 0.376. The Kier molecular flexibility index (Phi) is 4.28. The maximum atomic E-state index is 11.0. The highest BCUT2D eigenvalue weighted by Gasteiger charge is 2.02. The molecule has 0 amide bonds. The smallest absolute Gasteiger partial charge is 0.333 e. The van der Waals surface area contributed by atoms with E-state index in [0.717, 1.165) is 0 Å². The first-order valence-electron chi connectivity index (χ1n) is 4.42. The number of ether oxygens (including phenoxy) is 2. The van der Waals surface area contributed by atoms with Gasteiger partial charge in [0.2, 0.25) is 0 Å². The molecule has 5 nitrogen and oxygen atoms in total. The average Bonchev–Trinajstić information content (AvgIpc) is 2.25. The van der Waals surface area contributed by atoms with Crippen LogP contribution < -0.4 is 4.74 Å². The topological polar surface area (TPSA) is 61.3 Å². The zero-order valence-electron chi connectivity index (χ0n) is 8.47. The van der Waals surface area contributed by atoms with Gasteiger partial charge >= 0.3 is 5.97 Å². The van der Waals surface area contributed by atoms with E-state index in [-0.39, 0.29) is 13.2 Å². The molecule has 1 heterocycles. The first-order chi connectivity index (χ1) is 7.20. The predicted octanol–water partition coefficient (Wildman–Crippen LogP) is 0.975. The minimum absolute atomic E-state index is 0.189. The molecule has 0 spiro atoms. The van der Waals surface area contributed by atoms with Gasteiger partial charge in [0.25, 0.3) is 0 Å². The number of nitrogens with zero attached hydrogens (tertiary/aromatic N) is 2. The largest absolute Gasteiger partial charge is 0.488 e. The van der Waals surface area contributed by atoms with Crippen molar-refractivity contribution in [2.75, 3.05) is 13.2 Å². The Balaban J connectivity index is 2.18. The maximum Gasteiger partial charge on any atom is 0.333 e. The molecule has 80 valence electrons. The summed E-state index contributed by atoms with van der Waals surface area (Å²) in [5, 5.41) is 7.23. The fraction of sp³-hybridized carbons (Fsp3) is 0.300. The van der Waals surface area contributed by atoms with Crippen molar-refractivity contribution < 1.29 is 14.3 Å². The summed E-state index contributed by atoms with van der Waals surface area (Å²) in [6, 6.07) is 1.67. The maximum absolute atomic E-state index is 11.0. The number of hydrogen-bond donors (Lipinski definition) is 0. The van der Waals surface area contributed by atoms with E-state index in [2.05, 4.69) is 16.8 Å². The third-order valence-electron chi connectivity index (χ3n) is 1.49. The molecule has 1 aromatic heterocycles. The summed E-state index contributed by atoms with van der Waals surface area (Å²) in [6.07, 6.45) is 3.01.